The van der Waals surface area contributed by atoms with Crippen LogP contribution in [-0.4, -0.2) is 26.2 Å². The van der Waals surface area contributed by atoms with E-state index < -0.39 is 11.2 Å². The van der Waals surface area contributed by atoms with Crippen LogP contribution in [0.15, 0.2) is 84.0 Å². The fourth-order valence-electron chi connectivity index (χ4n) is 3.42. The topological polar surface area (TPSA) is 87.2 Å². The normalized spacial score (nSPS) is 13.9. The first-order valence-electron chi connectivity index (χ1n) is 11.1. The van der Waals surface area contributed by atoms with Gasteiger partial charge in [-0.2, -0.15) is 0 Å². The summed E-state index contributed by atoms with van der Waals surface area (Å²) in [7, 11) is 0. The summed E-state index contributed by atoms with van der Waals surface area (Å²) in [6.07, 6.45) is 5.88. The first-order chi connectivity index (χ1) is 16.6. The number of aromatic nitrogens is 2. The van der Waals surface area contributed by atoms with Gasteiger partial charge in [0.15, 0.2) is 10.0 Å². The molecule has 1 saturated carbocycles. The summed E-state index contributed by atoms with van der Waals surface area (Å²) in [4.78, 5) is 22.3. The Bertz CT molecular complexity index is 1240. The summed E-state index contributed by atoms with van der Waals surface area (Å²) in [5.41, 5.74) is 2.41. The maximum Gasteiger partial charge on any atom is 0.230 e. The maximum atomic E-state index is 12.7. The lowest BCUT2D eigenvalue weighted by molar-refractivity contribution is -0.115. The van der Waals surface area contributed by atoms with E-state index in [-0.39, 0.29) is 12.3 Å². The van der Waals surface area contributed by atoms with Crippen molar-refractivity contribution in [2.45, 2.75) is 24.2 Å². The van der Waals surface area contributed by atoms with Crippen LogP contribution in [-0.2, 0) is 22.4 Å². The van der Waals surface area contributed by atoms with Crippen LogP contribution in [0.4, 0.5) is 5.13 Å². The molecule has 0 saturated heterocycles. The number of hydrogen-bond donors (Lipinski definition) is 1. The second-order valence-corrected chi connectivity index (χ2v) is 10.6. The zero-order valence-corrected chi connectivity index (χ0v) is 20.0. The van der Waals surface area contributed by atoms with E-state index in [1.807, 2.05) is 60.7 Å². The van der Waals surface area contributed by atoms with Crippen LogP contribution in [0.3, 0.4) is 0 Å². The molecule has 0 radical (unpaired) electrons. The minimum absolute atomic E-state index is 0.173. The van der Waals surface area contributed by atoms with Crippen LogP contribution >= 0.6 is 11.3 Å². The van der Waals surface area contributed by atoms with Crippen molar-refractivity contribution in [1.29, 1.82) is 0 Å². The van der Waals surface area contributed by atoms with Crippen molar-refractivity contribution in [3.8, 4) is 22.1 Å². The van der Waals surface area contributed by atoms with E-state index in [9.17, 15) is 9.35 Å². The molecule has 34 heavy (non-hydrogen) atoms. The van der Waals surface area contributed by atoms with Crippen LogP contribution in [0, 0.1) is 5.92 Å². The number of rotatable bonds is 9. The lowest BCUT2D eigenvalue weighted by Crippen LogP contribution is -2.14. The molecule has 1 atom stereocenters. The first kappa shape index (κ1) is 22.6. The van der Waals surface area contributed by atoms with E-state index in [0.29, 0.717) is 27.6 Å². The Morgan fingerprint density at radius 2 is 1.88 bits per heavy atom. The molecule has 4 aromatic rings. The Morgan fingerprint density at radius 3 is 2.59 bits per heavy atom. The number of amides is 1. The molecule has 6 nitrogen and oxygen atoms in total. The highest BCUT2D eigenvalue weighted by Gasteiger charge is 2.28. The molecule has 0 bridgehead atoms. The quantitative estimate of drug-likeness (QED) is 0.305. The van der Waals surface area contributed by atoms with Gasteiger partial charge >= 0.3 is 0 Å². The summed E-state index contributed by atoms with van der Waals surface area (Å²) < 4.78 is 18.4. The van der Waals surface area contributed by atoms with E-state index in [4.69, 9.17) is 4.74 Å². The number of hydrogen-bond acceptors (Lipinski definition) is 6. The van der Waals surface area contributed by atoms with Crippen molar-refractivity contribution in [3.63, 3.8) is 0 Å². The third-order valence-corrected chi connectivity index (χ3v) is 7.79. The molecule has 172 valence electrons. The van der Waals surface area contributed by atoms with E-state index in [2.05, 4.69) is 15.3 Å². The number of anilines is 1. The highest BCUT2D eigenvalue weighted by Crippen LogP contribution is 2.40. The molecule has 1 amide bonds. The van der Waals surface area contributed by atoms with Gasteiger partial charge in [0.05, 0.1) is 12.6 Å². The van der Waals surface area contributed by atoms with Crippen molar-refractivity contribution in [3.05, 3.63) is 84.7 Å². The molecule has 0 spiro atoms. The summed E-state index contributed by atoms with van der Waals surface area (Å²) in [6, 6.07) is 20.8. The first-order valence-corrected chi connectivity index (χ1v) is 13.2. The number of pyridine rings is 1. The zero-order chi connectivity index (χ0) is 23.3. The van der Waals surface area contributed by atoms with Gasteiger partial charge < -0.3 is 14.6 Å². The molecule has 8 heteroatoms. The molecular formula is C26H23N3O3S2. The van der Waals surface area contributed by atoms with Gasteiger partial charge in [-0.1, -0.05) is 53.8 Å². The van der Waals surface area contributed by atoms with Crippen molar-refractivity contribution in [1.82, 2.24) is 9.97 Å². The summed E-state index contributed by atoms with van der Waals surface area (Å²) >= 11 is 0.307. The smallest absolute Gasteiger partial charge is 0.230 e. The maximum absolute atomic E-state index is 12.7. The van der Waals surface area contributed by atoms with Crippen molar-refractivity contribution in [2.24, 2.45) is 5.92 Å². The Labute approximate surface area is 205 Å². The number of carbonyl (C=O) groups excluding carboxylic acids is 1. The molecule has 1 fully saturated rings. The molecule has 1 aliphatic carbocycles. The highest BCUT2D eigenvalue weighted by atomic mass is 32.2. The number of nitrogens with one attached hydrogen (secondary N) is 1. The Morgan fingerprint density at radius 1 is 1.09 bits per heavy atom. The molecular weight excluding hydrogens is 466 g/mol. The number of carbonyl (C=O) groups is 1. The summed E-state index contributed by atoms with van der Waals surface area (Å²) in [5.74, 6) is 1.77. The SMILES string of the molecule is O=C(Cc1ccc([S+]([O-])CC2CC2)cc1)Nc1nc(-c2ccccc2)c(Oc2cccnc2)s1. The van der Waals surface area contributed by atoms with Gasteiger partial charge in [0.2, 0.25) is 11.0 Å². The van der Waals surface area contributed by atoms with E-state index >= 15 is 0 Å². The van der Waals surface area contributed by atoms with Gasteiger partial charge in [0, 0.05) is 17.7 Å². The molecule has 2 aromatic carbocycles. The highest BCUT2D eigenvalue weighted by molar-refractivity contribution is 7.91. The Balaban J connectivity index is 1.28. The molecule has 1 aliphatic rings. The molecule has 2 heterocycles. The van der Waals surface area contributed by atoms with Gasteiger partial charge in [-0.25, -0.2) is 4.98 Å². The van der Waals surface area contributed by atoms with Gasteiger partial charge in [0.1, 0.15) is 17.2 Å². The van der Waals surface area contributed by atoms with E-state index in [0.717, 1.165) is 21.8 Å². The lowest BCUT2D eigenvalue weighted by atomic mass is 10.1. The fraction of sp³-hybridized carbons (Fsp3) is 0.192. The zero-order valence-electron chi connectivity index (χ0n) is 18.3. The third kappa shape index (κ3) is 5.83. The molecule has 2 aromatic heterocycles. The van der Waals surface area contributed by atoms with E-state index in [1.165, 1.54) is 24.2 Å². The number of thiazole rings is 1. The average Bonchev–Trinajstić information content (AvgIpc) is 3.59. The van der Waals surface area contributed by atoms with Crippen LogP contribution in [0.25, 0.3) is 11.3 Å². The van der Waals surface area contributed by atoms with Gasteiger partial charge in [-0.05, 0) is 53.8 Å². The predicted molar refractivity (Wildman–Crippen MR) is 135 cm³/mol. The Kier molecular flexibility index (Phi) is 6.89. The second-order valence-electron chi connectivity index (χ2n) is 8.14. The fourth-order valence-corrected chi connectivity index (χ4v) is 5.69. The van der Waals surface area contributed by atoms with E-state index in [1.54, 1.807) is 18.5 Å². The van der Waals surface area contributed by atoms with Crippen LogP contribution in [0.1, 0.15) is 18.4 Å². The second kappa shape index (κ2) is 10.4. The number of nitrogens with zero attached hydrogens (tertiary/aromatic N) is 2. The lowest BCUT2D eigenvalue weighted by Gasteiger charge is -2.10. The monoisotopic (exact) mass is 489 g/mol. The van der Waals surface area contributed by atoms with Crippen molar-refractivity contribution < 1.29 is 14.1 Å². The van der Waals surface area contributed by atoms with Crippen molar-refractivity contribution in [2.75, 3.05) is 11.1 Å². The minimum Gasteiger partial charge on any atom is -0.611 e. The van der Waals surface area contributed by atoms with Crippen LogP contribution < -0.4 is 10.1 Å². The van der Waals surface area contributed by atoms with Crippen molar-refractivity contribution >= 4 is 33.6 Å². The summed E-state index contributed by atoms with van der Waals surface area (Å²) in [6.45, 7) is 0. The summed E-state index contributed by atoms with van der Waals surface area (Å²) in [5, 5.41) is 3.93. The van der Waals surface area contributed by atoms with Gasteiger partial charge in [0.25, 0.3) is 0 Å². The molecule has 1 N–H and O–H groups in total. The number of ether oxygens (including phenoxy) is 1. The van der Waals surface area contributed by atoms with Crippen LogP contribution in [0.2, 0.25) is 0 Å². The van der Waals surface area contributed by atoms with Crippen LogP contribution in [0.5, 0.6) is 10.8 Å². The van der Waals surface area contributed by atoms with Gasteiger partial charge in [-0.3, -0.25) is 9.78 Å². The minimum atomic E-state index is -0.966. The average molecular weight is 490 g/mol. The number of benzene rings is 2. The third-order valence-electron chi connectivity index (χ3n) is 5.37. The predicted octanol–water partition coefficient (Wildman–Crippen LogP) is 5.70. The molecule has 0 aliphatic heterocycles. The van der Waals surface area contributed by atoms with Gasteiger partial charge in [-0.15, -0.1) is 0 Å². The Hall–Kier alpha value is -3.20. The molecule has 1 unspecified atom stereocenters. The standard InChI is InChI=1S/C26H23N3O3S2/c30-23(15-18-10-12-22(13-11-18)34(31)17-19-8-9-19)28-26-29-24(20-5-2-1-3-6-20)25(33-26)32-21-7-4-14-27-16-21/h1-7,10-14,16,19H,8-9,15,17H2,(H,28,29,30). The molecule has 5 rings (SSSR count). The largest absolute Gasteiger partial charge is 0.611 e.